The minimum atomic E-state index is -0.736. The maximum absolute atomic E-state index is 12.3. The van der Waals surface area contributed by atoms with Crippen LogP contribution in [0.5, 0.6) is 5.75 Å². The molecule has 0 bridgehead atoms. The van der Waals surface area contributed by atoms with E-state index in [1.54, 1.807) is 24.3 Å². The van der Waals surface area contributed by atoms with Crippen molar-refractivity contribution in [2.75, 3.05) is 26.9 Å². The van der Waals surface area contributed by atoms with Crippen molar-refractivity contribution < 1.29 is 23.8 Å². The van der Waals surface area contributed by atoms with E-state index in [0.29, 0.717) is 12.3 Å². The third kappa shape index (κ3) is 7.20. The van der Waals surface area contributed by atoms with Crippen LogP contribution in [0.3, 0.4) is 0 Å². The number of amides is 2. The highest BCUT2D eigenvalue weighted by Gasteiger charge is 2.19. The molecule has 1 aliphatic rings. The first-order valence-electron chi connectivity index (χ1n) is 10.2. The quantitative estimate of drug-likeness (QED) is 0.449. The second kappa shape index (κ2) is 11.8. The summed E-state index contributed by atoms with van der Waals surface area (Å²) in [5, 5.41) is 6.79. The van der Waals surface area contributed by atoms with E-state index in [1.165, 1.54) is 13.3 Å². The molecule has 2 atom stereocenters. The van der Waals surface area contributed by atoms with Gasteiger partial charge in [0.2, 0.25) is 0 Å². The van der Waals surface area contributed by atoms with Crippen LogP contribution in [0.25, 0.3) is 0 Å². The van der Waals surface area contributed by atoms with Crippen LogP contribution < -0.4 is 15.5 Å². The molecule has 0 radical (unpaired) electrons. The first kappa shape index (κ1) is 22.5. The van der Waals surface area contributed by atoms with Gasteiger partial charge in [-0.25, -0.2) is 5.43 Å². The molecule has 31 heavy (non-hydrogen) atoms. The van der Waals surface area contributed by atoms with Crippen molar-refractivity contribution in [3.05, 3.63) is 65.7 Å². The predicted molar refractivity (Wildman–Crippen MR) is 116 cm³/mol. The predicted octanol–water partition coefficient (Wildman–Crippen LogP) is 2.20. The van der Waals surface area contributed by atoms with Gasteiger partial charge in [0, 0.05) is 20.3 Å². The highest BCUT2D eigenvalue weighted by molar-refractivity contribution is 5.85. The number of carbonyl (C=O) groups excluding carboxylic acids is 2. The number of nitrogens with one attached hydrogen (secondary N) is 2. The maximum Gasteiger partial charge on any atom is 0.273 e. The average molecular weight is 425 g/mol. The number of rotatable bonds is 10. The van der Waals surface area contributed by atoms with Crippen molar-refractivity contribution in [2.45, 2.75) is 25.0 Å². The van der Waals surface area contributed by atoms with Crippen LogP contribution in [0.1, 0.15) is 30.1 Å². The molecular formula is C23H27N3O5. The van der Waals surface area contributed by atoms with E-state index in [2.05, 4.69) is 15.8 Å². The summed E-state index contributed by atoms with van der Waals surface area (Å²) in [6.45, 7) is 1.21. The zero-order valence-corrected chi connectivity index (χ0v) is 17.5. The van der Waals surface area contributed by atoms with Gasteiger partial charge in [-0.3, -0.25) is 9.59 Å². The molecule has 1 fully saturated rings. The van der Waals surface area contributed by atoms with E-state index < -0.39 is 6.10 Å². The van der Waals surface area contributed by atoms with Gasteiger partial charge in [-0.2, -0.15) is 5.10 Å². The van der Waals surface area contributed by atoms with Gasteiger partial charge in [-0.15, -0.1) is 0 Å². The Morgan fingerprint density at radius 2 is 1.97 bits per heavy atom. The first-order chi connectivity index (χ1) is 15.2. The summed E-state index contributed by atoms with van der Waals surface area (Å²) in [6.07, 6.45) is 2.91. The van der Waals surface area contributed by atoms with Gasteiger partial charge >= 0.3 is 0 Å². The van der Waals surface area contributed by atoms with Crippen LogP contribution >= 0.6 is 0 Å². The molecule has 1 aliphatic heterocycles. The molecule has 2 aromatic rings. The van der Waals surface area contributed by atoms with Gasteiger partial charge in [0.25, 0.3) is 11.8 Å². The minimum absolute atomic E-state index is 0.0614. The Hall–Kier alpha value is -3.23. The Morgan fingerprint density at radius 1 is 1.19 bits per heavy atom. The molecule has 1 heterocycles. The molecule has 3 rings (SSSR count). The standard InChI is InChI=1S/C23H27N3O5/c1-29-22(18-6-3-2-4-7-18)23(28)26-25-14-17-9-11-19(12-10-17)31-16-21(27)24-15-20-8-5-13-30-20/h2-4,6-7,9-12,14,20,22H,5,8,13,15-16H2,1H3,(H,24,27)(H,26,28)/b25-14-/t20-,22-/m0/s1. The number of nitrogens with zero attached hydrogens (tertiary/aromatic N) is 1. The number of methoxy groups -OCH3 is 1. The summed E-state index contributed by atoms with van der Waals surface area (Å²) in [5.41, 5.74) is 4.00. The topological polar surface area (TPSA) is 98.3 Å². The normalized spacial score (nSPS) is 16.7. The third-order valence-corrected chi connectivity index (χ3v) is 4.77. The molecule has 2 N–H and O–H groups in total. The number of hydrogen-bond acceptors (Lipinski definition) is 6. The van der Waals surface area contributed by atoms with Gasteiger partial charge in [0.05, 0.1) is 12.3 Å². The Balaban J connectivity index is 1.41. The number of hydrogen-bond donors (Lipinski definition) is 2. The summed E-state index contributed by atoms with van der Waals surface area (Å²) in [5.74, 6) is 0.0193. The van der Waals surface area contributed by atoms with E-state index in [1.807, 2.05) is 30.3 Å². The van der Waals surface area contributed by atoms with Gasteiger partial charge in [-0.1, -0.05) is 30.3 Å². The summed E-state index contributed by atoms with van der Waals surface area (Å²) in [7, 11) is 1.47. The van der Waals surface area contributed by atoms with Crippen LogP contribution in [0, 0.1) is 0 Å². The Bertz CT molecular complexity index is 865. The number of hydrazone groups is 1. The Labute approximate surface area is 181 Å². The van der Waals surface area contributed by atoms with Crippen molar-refractivity contribution >= 4 is 18.0 Å². The van der Waals surface area contributed by atoms with E-state index >= 15 is 0 Å². The zero-order chi connectivity index (χ0) is 21.9. The molecule has 0 spiro atoms. The van der Waals surface area contributed by atoms with Crippen LogP contribution in [-0.2, 0) is 19.1 Å². The number of ether oxygens (including phenoxy) is 3. The van der Waals surface area contributed by atoms with Crippen molar-refractivity contribution in [3.8, 4) is 5.75 Å². The molecule has 1 saturated heterocycles. The van der Waals surface area contributed by atoms with Crippen molar-refractivity contribution in [3.63, 3.8) is 0 Å². The molecule has 0 saturated carbocycles. The second-order valence-corrected chi connectivity index (χ2v) is 7.06. The van der Waals surface area contributed by atoms with Crippen LogP contribution in [0.4, 0.5) is 0 Å². The zero-order valence-electron chi connectivity index (χ0n) is 17.5. The lowest BCUT2D eigenvalue weighted by Gasteiger charge is -2.13. The molecule has 164 valence electrons. The highest BCUT2D eigenvalue weighted by atomic mass is 16.5. The largest absolute Gasteiger partial charge is 0.484 e. The maximum atomic E-state index is 12.3. The monoisotopic (exact) mass is 425 g/mol. The Morgan fingerprint density at radius 3 is 2.65 bits per heavy atom. The molecular weight excluding hydrogens is 398 g/mol. The van der Waals surface area contributed by atoms with Gasteiger partial charge in [-0.05, 0) is 48.2 Å². The summed E-state index contributed by atoms with van der Waals surface area (Å²) >= 11 is 0. The third-order valence-electron chi connectivity index (χ3n) is 4.77. The first-order valence-corrected chi connectivity index (χ1v) is 10.2. The SMILES string of the molecule is CO[C@H](C(=O)N/N=C\c1ccc(OCC(=O)NC[C@@H]2CCCO2)cc1)c1ccccc1. The molecule has 8 nitrogen and oxygen atoms in total. The summed E-state index contributed by atoms with van der Waals surface area (Å²) in [4.78, 5) is 24.2. The van der Waals surface area contributed by atoms with Crippen molar-refractivity contribution in [1.82, 2.24) is 10.7 Å². The second-order valence-electron chi connectivity index (χ2n) is 7.06. The molecule has 0 unspecified atom stereocenters. The van der Waals surface area contributed by atoms with Crippen LogP contribution in [-0.4, -0.2) is 51.0 Å². The van der Waals surface area contributed by atoms with Crippen molar-refractivity contribution in [2.24, 2.45) is 5.10 Å². The lowest BCUT2D eigenvalue weighted by atomic mass is 10.1. The molecule has 2 aromatic carbocycles. The fraction of sp³-hybridized carbons (Fsp3) is 0.348. The lowest BCUT2D eigenvalue weighted by Crippen LogP contribution is -2.35. The highest BCUT2D eigenvalue weighted by Crippen LogP contribution is 2.16. The summed E-state index contributed by atoms with van der Waals surface area (Å²) in [6, 6.07) is 16.2. The van der Waals surface area contributed by atoms with Gasteiger partial charge < -0.3 is 19.5 Å². The fourth-order valence-electron chi connectivity index (χ4n) is 3.13. The summed E-state index contributed by atoms with van der Waals surface area (Å²) < 4.78 is 16.2. The van der Waals surface area contributed by atoms with E-state index in [4.69, 9.17) is 14.2 Å². The average Bonchev–Trinajstić information content (AvgIpc) is 3.32. The smallest absolute Gasteiger partial charge is 0.273 e. The number of carbonyl (C=O) groups is 2. The van der Waals surface area contributed by atoms with Crippen LogP contribution in [0.2, 0.25) is 0 Å². The van der Waals surface area contributed by atoms with Crippen molar-refractivity contribution in [1.29, 1.82) is 0 Å². The lowest BCUT2D eigenvalue weighted by molar-refractivity contribution is -0.131. The molecule has 0 aromatic heterocycles. The minimum Gasteiger partial charge on any atom is -0.484 e. The number of benzene rings is 2. The van der Waals surface area contributed by atoms with E-state index in [9.17, 15) is 9.59 Å². The van der Waals surface area contributed by atoms with Gasteiger partial charge in [0.15, 0.2) is 12.7 Å². The van der Waals surface area contributed by atoms with E-state index in [-0.39, 0.29) is 24.5 Å². The van der Waals surface area contributed by atoms with E-state index in [0.717, 1.165) is 30.6 Å². The Kier molecular flexibility index (Phi) is 8.57. The molecule has 2 amide bonds. The molecule has 8 heteroatoms. The molecule has 0 aliphatic carbocycles. The fourth-order valence-corrected chi connectivity index (χ4v) is 3.13. The van der Waals surface area contributed by atoms with Gasteiger partial charge in [0.1, 0.15) is 5.75 Å². The van der Waals surface area contributed by atoms with Crippen LogP contribution in [0.15, 0.2) is 59.7 Å².